The molecule has 0 aliphatic heterocycles. The van der Waals surface area contributed by atoms with Crippen LogP contribution < -0.4 is 0 Å². The van der Waals surface area contributed by atoms with Crippen molar-refractivity contribution < 1.29 is 4.79 Å². The quantitative estimate of drug-likeness (QED) is 0.449. The molecule has 0 spiro atoms. The van der Waals surface area contributed by atoms with E-state index in [-0.39, 0.29) is 16.6 Å². The van der Waals surface area contributed by atoms with Crippen molar-refractivity contribution in [3.63, 3.8) is 0 Å². The summed E-state index contributed by atoms with van der Waals surface area (Å²) in [6.45, 7) is 11.1. The highest BCUT2D eigenvalue weighted by molar-refractivity contribution is 5.99. The van der Waals surface area contributed by atoms with Crippen molar-refractivity contribution in [1.29, 1.82) is 0 Å². The van der Waals surface area contributed by atoms with E-state index in [1.54, 1.807) is 6.92 Å². The number of rotatable bonds is 2. The zero-order valence-electron chi connectivity index (χ0n) is 17.0. The van der Waals surface area contributed by atoms with Gasteiger partial charge in [0, 0.05) is 5.56 Å². The Bertz CT molecular complexity index is 1050. The Hall–Kier alpha value is -2.41. The van der Waals surface area contributed by atoms with Gasteiger partial charge in [0.05, 0.1) is 0 Å². The van der Waals surface area contributed by atoms with Gasteiger partial charge in [-0.05, 0) is 75.8 Å². The number of hydrogen-bond acceptors (Lipinski definition) is 1. The van der Waals surface area contributed by atoms with Crippen LogP contribution in [0.1, 0.15) is 68.9 Å². The molecule has 1 nitrogen and oxygen atoms in total. The third kappa shape index (κ3) is 3.10. The maximum absolute atomic E-state index is 11.6. The van der Waals surface area contributed by atoms with Crippen molar-refractivity contribution >= 4 is 16.6 Å². The van der Waals surface area contributed by atoms with Crippen molar-refractivity contribution in [3.05, 3.63) is 71.3 Å². The summed E-state index contributed by atoms with van der Waals surface area (Å²) in [4.78, 5) is 11.6. The van der Waals surface area contributed by atoms with Gasteiger partial charge in [-0.2, -0.15) is 0 Å². The zero-order valence-corrected chi connectivity index (χ0v) is 17.0. The number of fused-ring (bicyclic) bond motifs is 2. The second-order valence-corrected chi connectivity index (χ2v) is 9.36. The number of ketones is 1. The van der Waals surface area contributed by atoms with Gasteiger partial charge >= 0.3 is 0 Å². The standard InChI is InChI=1S/C26H28O/c1-17(27)18-6-7-20-15-21(9-8-19(20)14-18)22-10-11-23-24(16-22)26(4,5)13-12-25(23,2)3/h6-11,14-16H,12-13H2,1-5H3. The molecule has 0 unspecified atom stereocenters. The van der Waals surface area contributed by atoms with Crippen LogP contribution in [0.3, 0.4) is 0 Å². The second kappa shape index (κ2) is 6.05. The summed E-state index contributed by atoms with van der Waals surface area (Å²) in [6, 6.07) is 19.5. The fourth-order valence-corrected chi connectivity index (χ4v) is 4.41. The second-order valence-electron chi connectivity index (χ2n) is 9.36. The van der Waals surface area contributed by atoms with E-state index in [4.69, 9.17) is 0 Å². The molecule has 0 bridgehead atoms. The number of Topliss-reactive ketones (excluding diaryl/α,β-unsaturated/α-hetero) is 1. The van der Waals surface area contributed by atoms with Crippen molar-refractivity contribution in [2.24, 2.45) is 0 Å². The van der Waals surface area contributed by atoms with Gasteiger partial charge in [-0.3, -0.25) is 4.79 Å². The van der Waals surface area contributed by atoms with E-state index in [1.165, 1.54) is 40.5 Å². The Kier molecular flexibility index (Phi) is 4.03. The number of hydrogen-bond donors (Lipinski definition) is 0. The van der Waals surface area contributed by atoms with Gasteiger partial charge in [-0.1, -0.05) is 70.2 Å². The maximum Gasteiger partial charge on any atom is 0.159 e. The smallest absolute Gasteiger partial charge is 0.159 e. The summed E-state index contributed by atoms with van der Waals surface area (Å²) in [5.41, 5.74) is 6.73. The molecule has 0 N–H and O–H groups in total. The highest BCUT2D eigenvalue weighted by Gasteiger charge is 2.36. The van der Waals surface area contributed by atoms with Gasteiger partial charge in [-0.25, -0.2) is 0 Å². The molecule has 0 atom stereocenters. The normalized spacial score (nSPS) is 17.5. The molecule has 0 saturated carbocycles. The Labute approximate surface area is 162 Å². The largest absolute Gasteiger partial charge is 0.295 e. The fourth-order valence-electron chi connectivity index (χ4n) is 4.41. The average Bonchev–Trinajstić information content (AvgIpc) is 2.64. The van der Waals surface area contributed by atoms with Gasteiger partial charge in [-0.15, -0.1) is 0 Å². The van der Waals surface area contributed by atoms with Crippen molar-refractivity contribution in [2.75, 3.05) is 0 Å². The van der Waals surface area contributed by atoms with Crippen LogP contribution in [0.15, 0.2) is 54.6 Å². The molecule has 1 aliphatic carbocycles. The van der Waals surface area contributed by atoms with Crippen LogP contribution in [-0.2, 0) is 10.8 Å². The number of carbonyl (C=O) groups excluding carboxylic acids is 1. The minimum Gasteiger partial charge on any atom is -0.295 e. The highest BCUT2D eigenvalue weighted by Crippen LogP contribution is 2.46. The van der Waals surface area contributed by atoms with Crippen LogP contribution in [0, 0.1) is 0 Å². The molecular weight excluding hydrogens is 328 g/mol. The average molecular weight is 357 g/mol. The lowest BCUT2D eigenvalue weighted by Gasteiger charge is -2.42. The Balaban J connectivity index is 1.82. The van der Waals surface area contributed by atoms with Gasteiger partial charge in [0.15, 0.2) is 5.78 Å². The first-order chi connectivity index (χ1) is 12.7. The SMILES string of the molecule is CC(=O)c1ccc2cc(-c3ccc4c(c3)C(C)(C)CCC4(C)C)ccc2c1. The molecule has 0 aromatic heterocycles. The summed E-state index contributed by atoms with van der Waals surface area (Å²) < 4.78 is 0. The zero-order chi connectivity index (χ0) is 19.4. The summed E-state index contributed by atoms with van der Waals surface area (Å²) in [6.07, 6.45) is 2.46. The van der Waals surface area contributed by atoms with E-state index in [0.717, 1.165) is 10.9 Å². The monoisotopic (exact) mass is 356 g/mol. The first-order valence-corrected chi connectivity index (χ1v) is 9.88. The van der Waals surface area contributed by atoms with E-state index in [1.807, 2.05) is 12.1 Å². The lowest BCUT2D eigenvalue weighted by molar-refractivity contribution is 0.101. The lowest BCUT2D eigenvalue weighted by Crippen LogP contribution is -2.33. The van der Waals surface area contributed by atoms with E-state index < -0.39 is 0 Å². The van der Waals surface area contributed by atoms with Gasteiger partial charge in [0.25, 0.3) is 0 Å². The van der Waals surface area contributed by atoms with Crippen LogP contribution in [-0.4, -0.2) is 5.78 Å². The van der Waals surface area contributed by atoms with Crippen LogP contribution in [0.2, 0.25) is 0 Å². The molecule has 3 aromatic rings. The van der Waals surface area contributed by atoms with Crippen LogP contribution in [0.4, 0.5) is 0 Å². The van der Waals surface area contributed by atoms with E-state index in [9.17, 15) is 4.79 Å². The molecule has 1 aliphatic rings. The summed E-state index contributed by atoms with van der Waals surface area (Å²) in [5, 5.41) is 2.29. The number of carbonyl (C=O) groups is 1. The topological polar surface area (TPSA) is 17.1 Å². The maximum atomic E-state index is 11.6. The third-order valence-corrected chi connectivity index (χ3v) is 6.43. The van der Waals surface area contributed by atoms with E-state index in [0.29, 0.717) is 0 Å². The van der Waals surface area contributed by atoms with Gasteiger partial charge in [0.2, 0.25) is 0 Å². The predicted octanol–water partition coefficient (Wildman–Crippen LogP) is 7.06. The molecule has 3 aromatic carbocycles. The van der Waals surface area contributed by atoms with Crippen LogP contribution in [0.25, 0.3) is 21.9 Å². The Morgan fingerprint density at radius 3 is 1.96 bits per heavy atom. The van der Waals surface area contributed by atoms with E-state index in [2.05, 4.69) is 70.2 Å². The molecular formula is C26H28O. The molecule has 1 heteroatoms. The first kappa shape index (κ1) is 18.0. The summed E-state index contributed by atoms with van der Waals surface area (Å²) >= 11 is 0. The number of benzene rings is 3. The third-order valence-electron chi connectivity index (χ3n) is 6.43. The van der Waals surface area contributed by atoms with Crippen molar-refractivity contribution in [2.45, 2.75) is 58.3 Å². The molecule has 138 valence electrons. The van der Waals surface area contributed by atoms with Crippen molar-refractivity contribution in [3.8, 4) is 11.1 Å². The van der Waals surface area contributed by atoms with Gasteiger partial charge < -0.3 is 0 Å². The van der Waals surface area contributed by atoms with Crippen molar-refractivity contribution in [1.82, 2.24) is 0 Å². The molecule has 0 heterocycles. The van der Waals surface area contributed by atoms with Crippen LogP contribution >= 0.6 is 0 Å². The molecule has 0 radical (unpaired) electrons. The Morgan fingerprint density at radius 1 is 0.704 bits per heavy atom. The lowest BCUT2D eigenvalue weighted by atomic mass is 9.63. The first-order valence-electron chi connectivity index (χ1n) is 9.88. The molecule has 27 heavy (non-hydrogen) atoms. The summed E-state index contributed by atoms with van der Waals surface area (Å²) in [7, 11) is 0. The molecule has 0 fully saturated rings. The van der Waals surface area contributed by atoms with Gasteiger partial charge in [0.1, 0.15) is 0 Å². The molecule has 0 saturated heterocycles. The highest BCUT2D eigenvalue weighted by atomic mass is 16.1. The predicted molar refractivity (Wildman–Crippen MR) is 115 cm³/mol. The minimum atomic E-state index is 0.112. The minimum absolute atomic E-state index is 0.112. The fraction of sp³-hybridized carbons (Fsp3) is 0.346. The molecule has 0 amide bonds. The molecule has 4 rings (SSSR count). The Morgan fingerprint density at radius 2 is 1.26 bits per heavy atom. The van der Waals surface area contributed by atoms with Crippen LogP contribution in [0.5, 0.6) is 0 Å². The summed E-state index contributed by atoms with van der Waals surface area (Å²) in [5.74, 6) is 0.112. The van der Waals surface area contributed by atoms with E-state index >= 15 is 0 Å².